The third kappa shape index (κ3) is 4.67. The Hall–Kier alpha value is -2.80. The molecule has 2 aromatic rings. The van der Waals surface area contributed by atoms with E-state index in [4.69, 9.17) is 9.98 Å². The lowest BCUT2D eigenvalue weighted by atomic mass is 9.87. The Kier molecular flexibility index (Phi) is 5.81. The second-order valence-corrected chi connectivity index (χ2v) is 8.57. The van der Waals surface area contributed by atoms with Gasteiger partial charge in [-0.1, -0.05) is 25.1 Å². The van der Waals surface area contributed by atoms with Crippen LogP contribution in [0, 0.1) is 0 Å². The van der Waals surface area contributed by atoms with Gasteiger partial charge in [-0.25, -0.2) is 4.98 Å². The van der Waals surface area contributed by atoms with Crippen LogP contribution in [0.3, 0.4) is 0 Å². The molecule has 0 radical (unpaired) electrons. The molecule has 160 valence electrons. The van der Waals surface area contributed by atoms with Gasteiger partial charge in [-0.2, -0.15) is 0 Å². The van der Waals surface area contributed by atoms with E-state index >= 15 is 0 Å². The molecular formula is C23H31N5O2. The fourth-order valence-corrected chi connectivity index (χ4v) is 3.90. The highest BCUT2D eigenvalue weighted by atomic mass is 16.3. The van der Waals surface area contributed by atoms with E-state index in [1.807, 2.05) is 19.1 Å². The number of phenolic OH excluding ortho intramolecular Hbond substituents is 1. The van der Waals surface area contributed by atoms with E-state index in [2.05, 4.69) is 28.6 Å². The van der Waals surface area contributed by atoms with Crippen molar-refractivity contribution in [3.05, 3.63) is 47.4 Å². The first-order chi connectivity index (χ1) is 14.4. The number of H-pyrrole nitrogens is 1. The summed E-state index contributed by atoms with van der Waals surface area (Å²) in [5, 5.41) is 26.6. The first-order valence-corrected chi connectivity index (χ1v) is 10.8. The average Bonchev–Trinajstić information content (AvgIpc) is 3.35. The summed E-state index contributed by atoms with van der Waals surface area (Å²) in [6, 6.07) is 7.54. The number of aromatic amines is 1. The Morgan fingerprint density at radius 1 is 1.27 bits per heavy atom. The Morgan fingerprint density at radius 3 is 2.77 bits per heavy atom. The monoisotopic (exact) mass is 409 g/mol. The molecule has 2 atom stereocenters. The van der Waals surface area contributed by atoms with Gasteiger partial charge in [0.25, 0.3) is 0 Å². The number of aromatic hydroxyl groups is 1. The molecule has 7 heteroatoms. The number of allylic oxidation sites excluding steroid dienone is 1. The molecule has 0 saturated carbocycles. The van der Waals surface area contributed by atoms with Crippen LogP contribution in [0.25, 0.3) is 5.57 Å². The van der Waals surface area contributed by atoms with Crippen molar-refractivity contribution >= 4 is 17.2 Å². The summed E-state index contributed by atoms with van der Waals surface area (Å²) in [5.74, 6) is 2.79. The van der Waals surface area contributed by atoms with Crippen LogP contribution in [-0.2, 0) is 6.42 Å². The first kappa shape index (κ1) is 20.5. The molecule has 1 aliphatic carbocycles. The number of hydrogen-bond donors (Lipinski definition) is 5. The highest BCUT2D eigenvalue weighted by Gasteiger charge is 2.28. The number of benzene rings is 1. The quantitative estimate of drug-likeness (QED) is 0.483. The summed E-state index contributed by atoms with van der Waals surface area (Å²) >= 11 is 0. The van der Waals surface area contributed by atoms with Crippen LogP contribution >= 0.6 is 0 Å². The molecule has 1 unspecified atom stereocenters. The molecule has 2 heterocycles. The van der Waals surface area contributed by atoms with Crippen LogP contribution in [-0.4, -0.2) is 50.7 Å². The largest absolute Gasteiger partial charge is 0.508 e. The molecule has 4 rings (SSSR count). The van der Waals surface area contributed by atoms with Crippen molar-refractivity contribution in [3.8, 4) is 5.75 Å². The maximum absolute atomic E-state index is 10.2. The van der Waals surface area contributed by atoms with Crippen LogP contribution in [0.4, 0.5) is 5.82 Å². The third-order valence-corrected chi connectivity index (χ3v) is 5.74. The minimum atomic E-state index is -0.624. The molecule has 0 fully saturated rings. The van der Waals surface area contributed by atoms with E-state index < -0.39 is 5.60 Å². The first-order valence-electron chi connectivity index (χ1n) is 10.8. The second kappa shape index (κ2) is 8.52. The number of rotatable bonds is 7. The van der Waals surface area contributed by atoms with Crippen molar-refractivity contribution in [2.75, 3.05) is 18.4 Å². The fraction of sp³-hybridized carbons (Fsp3) is 0.478. The van der Waals surface area contributed by atoms with E-state index in [-0.39, 0.29) is 11.8 Å². The highest BCUT2D eigenvalue weighted by Crippen LogP contribution is 2.32. The number of amidine groups is 1. The summed E-state index contributed by atoms with van der Waals surface area (Å²) < 4.78 is 0. The van der Waals surface area contributed by atoms with Gasteiger partial charge in [0.2, 0.25) is 0 Å². The molecule has 0 amide bonds. The SMILES string of the molecule is CCCNc1nc(C2=CCC(C)(O)CC2)[nH]c1C1=NC[C@@H](Cc2ccc(O)cc2)N1. The zero-order chi connectivity index (χ0) is 21.1. The molecule has 0 saturated heterocycles. The molecule has 1 aromatic carbocycles. The van der Waals surface area contributed by atoms with Gasteiger partial charge in [-0.3, -0.25) is 4.99 Å². The fourth-order valence-electron chi connectivity index (χ4n) is 3.90. The van der Waals surface area contributed by atoms with Gasteiger partial charge in [-0.05, 0) is 62.3 Å². The van der Waals surface area contributed by atoms with Gasteiger partial charge < -0.3 is 25.8 Å². The van der Waals surface area contributed by atoms with Crippen LogP contribution in [0.1, 0.15) is 56.6 Å². The molecule has 2 aliphatic rings. The summed E-state index contributed by atoms with van der Waals surface area (Å²) in [4.78, 5) is 13.0. The van der Waals surface area contributed by atoms with Crippen LogP contribution in [0.15, 0.2) is 35.3 Å². The number of aromatic nitrogens is 2. The highest BCUT2D eigenvalue weighted by molar-refractivity contribution is 6.02. The topological polar surface area (TPSA) is 106 Å². The maximum Gasteiger partial charge on any atom is 0.156 e. The van der Waals surface area contributed by atoms with Crippen molar-refractivity contribution in [1.82, 2.24) is 15.3 Å². The second-order valence-electron chi connectivity index (χ2n) is 8.57. The Balaban J connectivity index is 1.50. The summed E-state index contributed by atoms with van der Waals surface area (Å²) in [6.45, 7) is 5.55. The van der Waals surface area contributed by atoms with Crippen molar-refractivity contribution in [2.24, 2.45) is 4.99 Å². The zero-order valence-corrected chi connectivity index (χ0v) is 17.7. The van der Waals surface area contributed by atoms with Gasteiger partial charge in [0, 0.05) is 6.54 Å². The normalized spacial score (nSPS) is 23.6. The zero-order valence-electron chi connectivity index (χ0n) is 17.7. The molecule has 30 heavy (non-hydrogen) atoms. The van der Waals surface area contributed by atoms with Crippen LogP contribution in [0.5, 0.6) is 5.75 Å². The lowest BCUT2D eigenvalue weighted by Crippen LogP contribution is -2.33. The van der Waals surface area contributed by atoms with E-state index in [0.29, 0.717) is 13.0 Å². The average molecular weight is 410 g/mol. The third-order valence-electron chi connectivity index (χ3n) is 5.74. The van der Waals surface area contributed by atoms with Crippen molar-refractivity contribution in [1.29, 1.82) is 0 Å². The number of nitrogens with one attached hydrogen (secondary N) is 3. The Labute approximate surface area is 177 Å². The summed E-state index contributed by atoms with van der Waals surface area (Å²) in [6.07, 6.45) is 6.12. The lowest BCUT2D eigenvalue weighted by molar-refractivity contribution is 0.0523. The lowest BCUT2D eigenvalue weighted by Gasteiger charge is -2.26. The number of nitrogens with zero attached hydrogens (tertiary/aromatic N) is 2. The number of aliphatic imine (C=N–C) groups is 1. The van der Waals surface area contributed by atoms with Gasteiger partial charge in [-0.15, -0.1) is 0 Å². The number of imidazole rings is 1. The predicted molar refractivity (Wildman–Crippen MR) is 120 cm³/mol. The van der Waals surface area contributed by atoms with Crippen molar-refractivity contribution in [2.45, 2.75) is 57.6 Å². The molecule has 5 N–H and O–H groups in total. The molecule has 1 aromatic heterocycles. The summed E-state index contributed by atoms with van der Waals surface area (Å²) in [7, 11) is 0. The van der Waals surface area contributed by atoms with E-state index in [9.17, 15) is 10.2 Å². The number of hydrogen-bond acceptors (Lipinski definition) is 6. The smallest absolute Gasteiger partial charge is 0.156 e. The van der Waals surface area contributed by atoms with Crippen molar-refractivity contribution < 1.29 is 10.2 Å². The van der Waals surface area contributed by atoms with Gasteiger partial charge in [0.1, 0.15) is 23.1 Å². The Morgan fingerprint density at radius 2 is 2.07 bits per heavy atom. The Bertz CT molecular complexity index is 943. The standard InChI is InChI=1S/C23H31N5O2/c1-3-12-24-21-19(27-20(28-21)16-8-10-23(2,30)11-9-16)22-25-14-17(26-22)13-15-4-6-18(29)7-5-15/h4-8,17,24,29-30H,3,9-14H2,1-2H3,(H,25,26)(H,27,28)/t17-,23?/m1/s1. The minimum absolute atomic E-state index is 0.208. The predicted octanol–water partition coefficient (Wildman–Crippen LogP) is 3.22. The van der Waals surface area contributed by atoms with E-state index in [1.54, 1.807) is 12.1 Å². The van der Waals surface area contributed by atoms with E-state index in [1.165, 1.54) is 0 Å². The van der Waals surface area contributed by atoms with Crippen LogP contribution < -0.4 is 10.6 Å². The molecule has 0 bridgehead atoms. The van der Waals surface area contributed by atoms with Gasteiger partial charge >= 0.3 is 0 Å². The number of aliphatic hydroxyl groups is 1. The molecule has 1 aliphatic heterocycles. The minimum Gasteiger partial charge on any atom is -0.508 e. The molecular weight excluding hydrogens is 378 g/mol. The van der Waals surface area contributed by atoms with Crippen LogP contribution in [0.2, 0.25) is 0 Å². The van der Waals surface area contributed by atoms with Gasteiger partial charge in [0.05, 0.1) is 18.2 Å². The maximum atomic E-state index is 10.2. The summed E-state index contributed by atoms with van der Waals surface area (Å²) in [5.41, 5.74) is 2.58. The van der Waals surface area contributed by atoms with E-state index in [0.717, 1.165) is 66.5 Å². The number of phenols is 1. The molecule has 0 spiro atoms. The number of anilines is 1. The van der Waals surface area contributed by atoms with Crippen molar-refractivity contribution in [3.63, 3.8) is 0 Å². The molecule has 7 nitrogen and oxygen atoms in total. The van der Waals surface area contributed by atoms with Gasteiger partial charge in [0.15, 0.2) is 5.82 Å².